The first-order valence-electron chi connectivity index (χ1n) is 2.96. The number of nitrogens with zero attached hydrogens (tertiary/aromatic N) is 2. The van der Waals surface area contributed by atoms with Crippen molar-refractivity contribution in [3.05, 3.63) is 41.1 Å². The van der Waals surface area contributed by atoms with Gasteiger partial charge in [-0.2, -0.15) is 5.11 Å². The quantitative estimate of drug-likeness (QED) is 0.327. The molecule has 0 fully saturated rings. The Kier molecular flexibility index (Phi) is 7.10. The van der Waals surface area contributed by atoms with E-state index in [0.717, 1.165) is 5.56 Å². The molecule has 0 spiro atoms. The molecule has 1 aromatic carbocycles. The van der Waals surface area contributed by atoms with E-state index in [2.05, 4.69) is 10.4 Å². The predicted octanol–water partition coefficient (Wildman–Crippen LogP) is -0.859. The van der Waals surface area contributed by atoms with E-state index in [0.29, 0.717) is 6.54 Å². The summed E-state index contributed by atoms with van der Waals surface area (Å²) in [5, 5.41) is 15.3. The maximum absolute atomic E-state index is 9.56. The summed E-state index contributed by atoms with van der Waals surface area (Å²) in [6, 6.07) is 9.51. The first-order chi connectivity index (χ1) is 4.93. The molecule has 0 aromatic heterocycles. The van der Waals surface area contributed by atoms with Crippen molar-refractivity contribution >= 4 is 0 Å². The first kappa shape index (κ1) is 11.3. The zero-order valence-electron chi connectivity index (χ0n) is 6.40. The van der Waals surface area contributed by atoms with Crippen molar-refractivity contribution in [1.82, 2.24) is 0 Å². The number of benzene rings is 1. The number of hydrogen-bond acceptors (Lipinski definition) is 3. The van der Waals surface area contributed by atoms with Crippen LogP contribution in [0.4, 0.5) is 0 Å². The van der Waals surface area contributed by atoms with Gasteiger partial charge in [-0.05, 0) is 5.56 Å². The van der Waals surface area contributed by atoms with Crippen LogP contribution in [0.5, 0.6) is 0 Å². The first-order valence-corrected chi connectivity index (χ1v) is 2.96. The van der Waals surface area contributed by atoms with Crippen molar-refractivity contribution in [2.24, 2.45) is 10.4 Å². The molecule has 0 aliphatic heterocycles. The monoisotopic (exact) mass is 174 g/mol. The molecule has 4 heteroatoms. The standard InChI is InChI=1S/C7H8N2O.K/c10-9-8-6-7-4-2-1-3-5-7;/h1-5H,6H2,(H,8,10);/q;+1/p-1. The van der Waals surface area contributed by atoms with Crippen LogP contribution in [-0.4, -0.2) is 0 Å². The van der Waals surface area contributed by atoms with Gasteiger partial charge in [0.25, 0.3) is 0 Å². The van der Waals surface area contributed by atoms with Gasteiger partial charge >= 0.3 is 51.4 Å². The van der Waals surface area contributed by atoms with Gasteiger partial charge in [-0.1, -0.05) is 30.3 Å². The third kappa shape index (κ3) is 4.65. The fraction of sp³-hybridized carbons (Fsp3) is 0.143. The summed E-state index contributed by atoms with van der Waals surface area (Å²) in [7, 11) is 0. The average Bonchev–Trinajstić information content (AvgIpc) is 2.03. The normalized spacial score (nSPS) is 9.45. The molecule has 0 unspecified atom stereocenters. The molecule has 1 aromatic rings. The van der Waals surface area contributed by atoms with Crippen LogP contribution in [0.15, 0.2) is 40.7 Å². The zero-order chi connectivity index (χ0) is 7.23. The maximum Gasteiger partial charge on any atom is 1.00 e. The summed E-state index contributed by atoms with van der Waals surface area (Å²) in [5.74, 6) is 0. The van der Waals surface area contributed by atoms with Crippen LogP contribution < -0.4 is 51.4 Å². The van der Waals surface area contributed by atoms with E-state index in [1.807, 2.05) is 30.3 Å². The Bertz CT molecular complexity index is 213. The minimum absolute atomic E-state index is 0. The molecule has 3 nitrogen and oxygen atoms in total. The van der Waals surface area contributed by atoms with Gasteiger partial charge in [-0.15, -0.1) is 0 Å². The van der Waals surface area contributed by atoms with Gasteiger partial charge in [-0.3, -0.25) is 0 Å². The van der Waals surface area contributed by atoms with Crippen LogP contribution in [0.25, 0.3) is 0 Å². The second-order valence-corrected chi connectivity index (χ2v) is 1.87. The van der Waals surface area contributed by atoms with Gasteiger partial charge in [-0.25, -0.2) is 5.28 Å². The fourth-order valence-electron chi connectivity index (χ4n) is 0.694. The molecule has 11 heavy (non-hydrogen) atoms. The molecule has 1 rings (SSSR count). The SMILES string of the molecule is [K+].[O-]N=NCc1ccccc1. The van der Waals surface area contributed by atoms with Crippen molar-refractivity contribution in [2.75, 3.05) is 0 Å². The Hall–Kier alpha value is 0.256. The molecule has 0 atom stereocenters. The molecule has 0 saturated carbocycles. The van der Waals surface area contributed by atoms with Gasteiger partial charge in [0.1, 0.15) is 0 Å². The predicted molar refractivity (Wildman–Crippen MR) is 38.4 cm³/mol. The van der Waals surface area contributed by atoms with Crippen molar-refractivity contribution < 1.29 is 51.4 Å². The van der Waals surface area contributed by atoms with Crippen molar-refractivity contribution in [3.63, 3.8) is 0 Å². The maximum atomic E-state index is 9.56. The molecule has 0 radical (unpaired) electrons. The Morgan fingerprint density at radius 3 is 2.36 bits per heavy atom. The molecule has 0 aliphatic rings. The van der Waals surface area contributed by atoms with Crippen LogP contribution in [0.1, 0.15) is 5.56 Å². The van der Waals surface area contributed by atoms with Gasteiger partial charge in [0.2, 0.25) is 0 Å². The number of rotatable bonds is 2. The van der Waals surface area contributed by atoms with Gasteiger partial charge in [0, 0.05) is 0 Å². The molecule has 52 valence electrons. The molecular formula is C7H7KN2O. The molecule has 0 amide bonds. The van der Waals surface area contributed by atoms with E-state index in [-0.39, 0.29) is 51.4 Å². The van der Waals surface area contributed by atoms with Crippen LogP contribution >= 0.6 is 0 Å². The Morgan fingerprint density at radius 1 is 1.18 bits per heavy atom. The van der Waals surface area contributed by atoms with Gasteiger partial charge in [0.05, 0.1) is 6.54 Å². The number of hydrogen-bond donors (Lipinski definition) is 0. The summed E-state index contributed by atoms with van der Waals surface area (Å²) in [6.45, 7) is 0.379. The Morgan fingerprint density at radius 2 is 1.82 bits per heavy atom. The average molecular weight is 174 g/mol. The smallest absolute Gasteiger partial charge is 0.775 e. The minimum Gasteiger partial charge on any atom is -0.775 e. The van der Waals surface area contributed by atoms with E-state index in [4.69, 9.17) is 0 Å². The van der Waals surface area contributed by atoms with Crippen LogP contribution in [0.2, 0.25) is 0 Å². The van der Waals surface area contributed by atoms with Crippen molar-refractivity contribution in [1.29, 1.82) is 0 Å². The summed E-state index contributed by atoms with van der Waals surface area (Å²) in [5.41, 5.74) is 1.00. The molecule has 0 bridgehead atoms. The topological polar surface area (TPSA) is 47.8 Å². The summed E-state index contributed by atoms with van der Waals surface area (Å²) >= 11 is 0. The zero-order valence-corrected chi connectivity index (χ0v) is 9.52. The van der Waals surface area contributed by atoms with Crippen molar-refractivity contribution in [2.45, 2.75) is 6.54 Å². The van der Waals surface area contributed by atoms with Crippen LogP contribution in [0, 0.1) is 5.21 Å². The van der Waals surface area contributed by atoms with Crippen LogP contribution in [0.3, 0.4) is 0 Å². The Labute approximate surface area is 108 Å². The largest absolute Gasteiger partial charge is 1.00 e. The molecule has 0 aliphatic carbocycles. The molecule has 0 N–H and O–H groups in total. The van der Waals surface area contributed by atoms with Crippen LogP contribution in [-0.2, 0) is 6.54 Å². The fourth-order valence-corrected chi connectivity index (χ4v) is 0.694. The molecule has 0 heterocycles. The second kappa shape index (κ2) is 6.94. The third-order valence-electron chi connectivity index (χ3n) is 1.15. The van der Waals surface area contributed by atoms with E-state index in [1.165, 1.54) is 0 Å². The summed E-state index contributed by atoms with van der Waals surface area (Å²) in [4.78, 5) is 0. The second-order valence-electron chi connectivity index (χ2n) is 1.87. The Balaban J connectivity index is 0.000001000. The van der Waals surface area contributed by atoms with E-state index < -0.39 is 0 Å². The van der Waals surface area contributed by atoms with Crippen molar-refractivity contribution in [3.8, 4) is 0 Å². The molecular weight excluding hydrogens is 167 g/mol. The van der Waals surface area contributed by atoms with E-state index >= 15 is 0 Å². The molecule has 0 saturated heterocycles. The summed E-state index contributed by atoms with van der Waals surface area (Å²) in [6.07, 6.45) is 0. The van der Waals surface area contributed by atoms with Gasteiger partial charge < -0.3 is 5.21 Å². The van der Waals surface area contributed by atoms with E-state index in [9.17, 15) is 5.21 Å². The third-order valence-corrected chi connectivity index (χ3v) is 1.15. The van der Waals surface area contributed by atoms with E-state index in [1.54, 1.807) is 0 Å². The van der Waals surface area contributed by atoms with Gasteiger partial charge in [0.15, 0.2) is 0 Å². The summed E-state index contributed by atoms with van der Waals surface area (Å²) < 4.78 is 0. The minimum atomic E-state index is 0.